The van der Waals surface area contributed by atoms with Crippen LogP contribution < -0.4 is 5.73 Å². The lowest BCUT2D eigenvalue weighted by molar-refractivity contribution is 0.0999. The van der Waals surface area contributed by atoms with E-state index >= 15 is 0 Å². The summed E-state index contributed by atoms with van der Waals surface area (Å²) in [6.07, 6.45) is 0. The Morgan fingerprint density at radius 2 is 1.37 bits per heavy atom. The summed E-state index contributed by atoms with van der Waals surface area (Å²) in [5.41, 5.74) is 10.0. The Labute approximate surface area is 117 Å². The molecule has 0 bridgehead atoms. The van der Waals surface area contributed by atoms with Gasteiger partial charge in [-0.1, -0.05) is 53.7 Å². The van der Waals surface area contributed by atoms with Crippen LogP contribution in [0.25, 0.3) is 0 Å². The van der Waals surface area contributed by atoms with Crippen molar-refractivity contribution >= 4 is 5.78 Å². The number of hydrogen-bond acceptors (Lipinski definition) is 2. The molecular weight excluding hydrogens is 234 g/mol. The summed E-state index contributed by atoms with van der Waals surface area (Å²) in [7, 11) is 0. The predicted molar refractivity (Wildman–Crippen MR) is 82.1 cm³/mol. The van der Waals surface area contributed by atoms with Gasteiger partial charge < -0.3 is 5.73 Å². The second-order valence-electron chi connectivity index (χ2n) is 6.17. The maximum atomic E-state index is 12.2. The topological polar surface area (TPSA) is 43.1 Å². The molecule has 0 fully saturated rings. The van der Waals surface area contributed by atoms with Gasteiger partial charge in [-0.15, -0.1) is 0 Å². The number of rotatable bonds is 5. The third-order valence-electron chi connectivity index (χ3n) is 3.60. The van der Waals surface area contributed by atoms with Gasteiger partial charge in [-0.25, -0.2) is 0 Å². The fraction of sp³-hybridized carbons (Fsp3) is 0.588. The SMILES string of the molecule is CC(C)c1cc(C(C)C)c(C(=O)CN)c(C(C)C)c1. The van der Waals surface area contributed by atoms with Crippen LogP contribution >= 0.6 is 0 Å². The van der Waals surface area contributed by atoms with E-state index < -0.39 is 0 Å². The minimum Gasteiger partial charge on any atom is -0.324 e. The van der Waals surface area contributed by atoms with E-state index in [0.717, 1.165) is 16.7 Å². The first-order chi connectivity index (χ1) is 8.79. The van der Waals surface area contributed by atoms with Crippen LogP contribution in [0.4, 0.5) is 0 Å². The lowest BCUT2D eigenvalue weighted by Crippen LogP contribution is -2.19. The Kier molecular flexibility index (Phi) is 5.30. The molecule has 1 aromatic rings. The Balaban J connectivity index is 3.60. The van der Waals surface area contributed by atoms with Gasteiger partial charge in [-0.2, -0.15) is 0 Å². The minimum atomic E-state index is 0.0581. The average Bonchev–Trinajstić information content (AvgIpc) is 2.35. The smallest absolute Gasteiger partial charge is 0.176 e. The number of ketones is 1. The van der Waals surface area contributed by atoms with Crippen molar-refractivity contribution in [1.29, 1.82) is 0 Å². The summed E-state index contributed by atoms with van der Waals surface area (Å²) in [5, 5.41) is 0. The Morgan fingerprint density at radius 1 is 0.947 bits per heavy atom. The lowest BCUT2D eigenvalue weighted by atomic mass is 9.83. The molecular formula is C17H27NO. The monoisotopic (exact) mass is 261 g/mol. The van der Waals surface area contributed by atoms with Gasteiger partial charge in [-0.05, 0) is 34.4 Å². The maximum absolute atomic E-state index is 12.2. The van der Waals surface area contributed by atoms with E-state index in [9.17, 15) is 4.79 Å². The maximum Gasteiger partial charge on any atom is 0.176 e. The average molecular weight is 261 g/mol. The summed E-state index contributed by atoms with van der Waals surface area (Å²) >= 11 is 0. The molecule has 0 saturated heterocycles. The first-order valence-corrected chi connectivity index (χ1v) is 7.20. The van der Waals surface area contributed by atoms with E-state index in [1.54, 1.807) is 0 Å². The second-order valence-corrected chi connectivity index (χ2v) is 6.17. The number of Topliss-reactive ketones (excluding diaryl/α,β-unsaturated/α-hetero) is 1. The molecule has 0 aromatic heterocycles. The van der Waals surface area contributed by atoms with Crippen LogP contribution in [0.1, 0.15) is 86.3 Å². The first kappa shape index (κ1) is 15.9. The van der Waals surface area contributed by atoms with E-state index in [1.807, 2.05) is 0 Å². The van der Waals surface area contributed by atoms with E-state index in [4.69, 9.17) is 5.73 Å². The first-order valence-electron chi connectivity index (χ1n) is 7.20. The van der Waals surface area contributed by atoms with Crippen LogP contribution in [0.3, 0.4) is 0 Å². The molecule has 106 valence electrons. The predicted octanol–water partition coefficient (Wildman–Crippen LogP) is 4.20. The van der Waals surface area contributed by atoms with Crippen LogP contribution in [0.2, 0.25) is 0 Å². The zero-order chi connectivity index (χ0) is 14.7. The standard InChI is InChI=1S/C17H27NO/c1-10(2)13-7-14(11(3)4)17(16(19)9-18)15(8-13)12(5)6/h7-8,10-12H,9,18H2,1-6H3. The Bertz CT molecular complexity index is 429. The fourth-order valence-corrected chi connectivity index (χ4v) is 2.38. The molecule has 0 heterocycles. The number of hydrogen-bond donors (Lipinski definition) is 1. The van der Waals surface area contributed by atoms with Gasteiger partial charge >= 0.3 is 0 Å². The molecule has 0 aliphatic carbocycles. The molecule has 1 rings (SSSR count). The van der Waals surface area contributed by atoms with Gasteiger partial charge in [-0.3, -0.25) is 4.79 Å². The fourth-order valence-electron chi connectivity index (χ4n) is 2.38. The quantitative estimate of drug-likeness (QED) is 0.807. The molecule has 2 N–H and O–H groups in total. The van der Waals surface area contributed by atoms with E-state index in [0.29, 0.717) is 17.8 Å². The van der Waals surface area contributed by atoms with Crippen molar-refractivity contribution in [3.05, 3.63) is 34.4 Å². The lowest BCUT2D eigenvalue weighted by Gasteiger charge is -2.21. The molecule has 1 aromatic carbocycles. The summed E-state index contributed by atoms with van der Waals surface area (Å²) in [6, 6.07) is 4.37. The van der Waals surface area contributed by atoms with Crippen LogP contribution in [0.15, 0.2) is 12.1 Å². The van der Waals surface area contributed by atoms with Crippen molar-refractivity contribution in [1.82, 2.24) is 0 Å². The molecule has 0 spiro atoms. The molecule has 2 heteroatoms. The second kappa shape index (κ2) is 6.33. The highest BCUT2D eigenvalue weighted by molar-refractivity contribution is 6.00. The van der Waals surface area contributed by atoms with E-state index in [1.165, 1.54) is 5.56 Å². The van der Waals surface area contributed by atoms with Crippen molar-refractivity contribution in [2.75, 3.05) is 6.54 Å². The number of nitrogens with two attached hydrogens (primary N) is 1. The van der Waals surface area contributed by atoms with Crippen molar-refractivity contribution in [2.24, 2.45) is 5.73 Å². The summed E-state index contributed by atoms with van der Waals surface area (Å²) in [5.74, 6) is 1.20. The molecule has 2 nitrogen and oxygen atoms in total. The molecule has 0 radical (unpaired) electrons. The van der Waals surface area contributed by atoms with Crippen LogP contribution in [0.5, 0.6) is 0 Å². The van der Waals surface area contributed by atoms with E-state index in [2.05, 4.69) is 53.7 Å². The summed E-state index contributed by atoms with van der Waals surface area (Å²) in [6.45, 7) is 13.0. The zero-order valence-corrected chi connectivity index (χ0v) is 13.1. The van der Waals surface area contributed by atoms with Gasteiger partial charge in [0.25, 0.3) is 0 Å². The van der Waals surface area contributed by atoms with Crippen LogP contribution in [-0.4, -0.2) is 12.3 Å². The highest BCUT2D eigenvalue weighted by Gasteiger charge is 2.20. The van der Waals surface area contributed by atoms with Crippen molar-refractivity contribution in [2.45, 2.75) is 59.3 Å². The molecule has 19 heavy (non-hydrogen) atoms. The van der Waals surface area contributed by atoms with Gasteiger partial charge in [0.15, 0.2) is 5.78 Å². The Morgan fingerprint density at radius 3 is 1.63 bits per heavy atom. The highest BCUT2D eigenvalue weighted by atomic mass is 16.1. The third kappa shape index (κ3) is 3.44. The van der Waals surface area contributed by atoms with Crippen LogP contribution in [0, 0.1) is 0 Å². The number of carbonyl (C=O) groups excluding carboxylic acids is 1. The summed E-state index contributed by atoms with van der Waals surface area (Å²) < 4.78 is 0. The number of carbonyl (C=O) groups is 1. The largest absolute Gasteiger partial charge is 0.324 e. The van der Waals surface area contributed by atoms with Crippen LogP contribution in [-0.2, 0) is 0 Å². The molecule has 0 aliphatic rings. The molecule has 0 aliphatic heterocycles. The molecule has 0 unspecified atom stereocenters. The third-order valence-corrected chi connectivity index (χ3v) is 3.60. The highest BCUT2D eigenvalue weighted by Crippen LogP contribution is 2.32. The van der Waals surface area contributed by atoms with Gasteiger partial charge in [0, 0.05) is 5.56 Å². The normalized spacial score (nSPS) is 11.7. The molecule has 0 saturated carbocycles. The van der Waals surface area contributed by atoms with Gasteiger partial charge in [0.1, 0.15) is 0 Å². The zero-order valence-electron chi connectivity index (χ0n) is 13.1. The Hall–Kier alpha value is -1.15. The van der Waals surface area contributed by atoms with Gasteiger partial charge in [0.2, 0.25) is 0 Å². The van der Waals surface area contributed by atoms with Crippen molar-refractivity contribution < 1.29 is 4.79 Å². The molecule has 0 amide bonds. The van der Waals surface area contributed by atoms with Gasteiger partial charge in [0.05, 0.1) is 6.54 Å². The van der Waals surface area contributed by atoms with Crippen molar-refractivity contribution in [3.8, 4) is 0 Å². The summed E-state index contributed by atoms with van der Waals surface area (Å²) in [4.78, 5) is 12.2. The minimum absolute atomic E-state index is 0.0581. The van der Waals surface area contributed by atoms with E-state index in [-0.39, 0.29) is 12.3 Å². The van der Waals surface area contributed by atoms with Crippen molar-refractivity contribution in [3.63, 3.8) is 0 Å². The molecule has 0 atom stereocenters. The number of benzene rings is 1.